The van der Waals surface area contributed by atoms with Gasteiger partial charge in [0, 0.05) is 25.3 Å². The van der Waals surface area contributed by atoms with E-state index in [4.69, 9.17) is 4.74 Å². The van der Waals surface area contributed by atoms with E-state index in [1.165, 1.54) is 0 Å². The number of carboxylic acids is 1. The van der Waals surface area contributed by atoms with E-state index in [9.17, 15) is 14.7 Å². The summed E-state index contributed by atoms with van der Waals surface area (Å²) in [4.78, 5) is 23.8. The molecule has 112 valence electrons. The van der Waals surface area contributed by atoms with Crippen LogP contribution in [-0.4, -0.2) is 42.3 Å². The van der Waals surface area contributed by atoms with Crippen LogP contribution in [0.3, 0.4) is 0 Å². The first-order valence-electron chi connectivity index (χ1n) is 7.06. The number of nitrogens with one attached hydrogen (secondary N) is 2. The molecule has 2 aliphatic heterocycles. The second kappa shape index (κ2) is 5.37. The Morgan fingerprint density at radius 1 is 1.38 bits per heavy atom. The number of anilines is 1. The molecular formula is C15H18N2O4. The molecule has 3 N–H and O–H groups in total. The van der Waals surface area contributed by atoms with Gasteiger partial charge < -0.3 is 20.5 Å². The fourth-order valence-corrected chi connectivity index (χ4v) is 2.85. The van der Waals surface area contributed by atoms with Gasteiger partial charge in [-0.3, -0.25) is 4.79 Å². The van der Waals surface area contributed by atoms with Crippen LogP contribution in [0.25, 0.3) is 0 Å². The van der Waals surface area contributed by atoms with Gasteiger partial charge in [0.1, 0.15) is 0 Å². The molecule has 0 bridgehead atoms. The smallest absolute Gasteiger partial charge is 0.331 e. The first-order valence-corrected chi connectivity index (χ1v) is 7.06. The minimum atomic E-state index is -1.27. The van der Waals surface area contributed by atoms with Crippen molar-refractivity contribution >= 4 is 17.6 Å². The summed E-state index contributed by atoms with van der Waals surface area (Å²) < 4.78 is 5.16. The van der Waals surface area contributed by atoms with Crippen LogP contribution in [0.4, 0.5) is 5.69 Å². The molecule has 2 heterocycles. The lowest BCUT2D eigenvalue weighted by Crippen LogP contribution is -2.57. The topological polar surface area (TPSA) is 87.7 Å². The molecule has 1 saturated heterocycles. The maximum absolute atomic E-state index is 12.4. The fraction of sp³-hybridized carbons (Fsp3) is 0.467. The van der Waals surface area contributed by atoms with Gasteiger partial charge in [0.25, 0.3) is 0 Å². The number of carbonyl (C=O) groups excluding carboxylic acids is 1. The first-order chi connectivity index (χ1) is 10.1. The Morgan fingerprint density at radius 3 is 2.90 bits per heavy atom. The van der Waals surface area contributed by atoms with E-state index in [1.54, 1.807) is 0 Å². The van der Waals surface area contributed by atoms with Crippen molar-refractivity contribution in [2.24, 2.45) is 5.92 Å². The Kier molecular flexibility index (Phi) is 3.55. The Bertz CT molecular complexity index is 567. The van der Waals surface area contributed by atoms with Crippen molar-refractivity contribution in [2.75, 3.05) is 25.1 Å². The van der Waals surface area contributed by atoms with E-state index in [0.29, 0.717) is 26.0 Å². The molecule has 1 amide bonds. The van der Waals surface area contributed by atoms with Crippen LogP contribution < -0.4 is 10.6 Å². The number of carboxylic acid groups (broad SMARTS) is 1. The molecule has 2 aliphatic rings. The summed E-state index contributed by atoms with van der Waals surface area (Å²) in [7, 11) is 0. The van der Waals surface area contributed by atoms with Crippen LogP contribution in [-0.2, 0) is 20.7 Å². The van der Waals surface area contributed by atoms with Crippen LogP contribution in [0, 0.1) is 5.92 Å². The molecule has 21 heavy (non-hydrogen) atoms. The highest BCUT2D eigenvalue weighted by atomic mass is 16.5. The zero-order chi connectivity index (χ0) is 14.9. The van der Waals surface area contributed by atoms with Gasteiger partial charge in [-0.15, -0.1) is 0 Å². The predicted molar refractivity (Wildman–Crippen MR) is 76.1 cm³/mol. The third kappa shape index (κ3) is 2.58. The SMILES string of the molecule is O=C(NC1(C(=O)O)CCOC1)C1CNc2ccccc2C1. The lowest BCUT2D eigenvalue weighted by Gasteiger charge is -2.29. The summed E-state index contributed by atoms with van der Waals surface area (Å²) in [5.41, 5.74) is 0.850. The minimum Gasteiger partial charge on any atom is -0.479 e. The number of benzene rings is 1. The van der Waals surface area contributed by atoms with Crippen molar-refractivity contribution in [1.82, 2.24) is 5.32 Å². The first kappa shape index (κ1) is 13.9. The Hall–Kier alpha value is -2.08. The number of hydrogen-bond donors (Lipinski definition) is 3. The summed E-state index contributed by atoms with van der Waals surface area (Å²) in [6.07, 6.45) is 0.927. The van der Waals surface area contributed by atoms with E-state index >= 15 is 0 Å². The molecule has 3 rings (SSSR count). The highest BCUT2D eigenvalue weighted by Crippen LogP contribution is 2.26. The van der Waals surface area contributed by atoms with Gasteiger partial charge in [-0.1, -0.05) is 18.2 Å². The summed E-state index contributed by atoms with van der Waals surface area (Å²) >= 11 is 0. The van der Waals surface area contributed by atoms with E-state index < -0.39 is 11.5 Å². The van der Waals surface area contributed by atoms with Gasteiger partial charge in [-0.2, -0.15) is 0 Å². The van der Waals surface area contributed by atoms with Crippen LogP contribution >= 0.6 is 0 Å². The number of aliphatic carboxylic acids is 1. The van der Waals surface area contributed by atoms with Gasteiger partial charge in [-0.05, 0) is 18.1 Å². The standard InChI is InChI=1S/C15H18N2O4/c18-13(17-15(14(19)20)5-6-21-9-15)11-7-10-3-1-2-4-12(10)16-8-11/h1-4,11,16H,5-9H2,(H,17,18)(H,19,20). The van der Waals surface area contributed by atoms with Gasteiger partial charge in [-0.25, -0.2) is 4.79 Å². The zero-order valence-electron chi connectivity index (χ0n) is 11.6. The highest BCUT2D eigenvalue weighted by molar-refractivity contribution is 5.89. The Balaban J connectivity index is 1.71. The lowest BCUT2D eigenvalue weighted by molar-refractivity contribution is -0.148. The van der Waals surface area contributed by atoms with Crippen molar-refractivity contribution in [3.63, 3.8) is 0 Å². The minimum absolute atomic E-state index is 0.0325. The molecule has 0 spiro atoms. The molecule has 2 unspecified atom stereocenters. The van der Waals surface area contributed by atoms with Crippen LogP contribution in [0.5, 0.6) is 0 Å². The number of fused-ring (bicyclic) bond motifs is 1. The molecule has 0 radical (unpaired) electrons. The van der Waals surface area contributed by atoms with Crippen LogP contribution in [0.15, 0.2) is 24.3 Å². The van der Waals surface area contributed by atoms with Gasteiger partial charge in [0.15, 0.2) is 5.54 Å². The van der Waals surface area contributed by atoms with Gasteiger partial charge in [0.05, 0.1) is 12.5 Å². The normalized spacial score (nSPS) is 27.5. The molecule has 6 heteroatoms. The fourth-order valence-electron chi connectivity index (χ4n) is 2.85. The lowest BCUT2D eigenvalue weighted by atomic mass is 9.91. The van der Waals surface area contributed by atoms with Crippen molar-refractivity contribution < 1.29 is 19.4 Å². The largest absolute Gasteiger partial charge is 0.479 e. The summed E-state index contributed by atoms with van der Waals surface area (Å²) in [6, 6.07) is 7.84. The summed E-state index contributed by atoms with van der Waals surface area (Å²) in [5.74, 6) is -1.53. The van der Waals surface area contributed by atoms with Gasteiger partial charge in [0.2, 0.25) is 5.91 Å². The van der Waals surface area contributed by atoms with Crippen molar-refractivity contribution in [3.8, 4) is 0 Å². The molecule has 0 aliphatic carbocycles. The number of ether oxygens (including phenoxy) is 1. The maximum atomic E-state index is 12.4. The second-order valence-electron chi connectivity index (χ2n) is 5.62. The van der Waals surface area contributed by atoms with Crippen LogP contribution in [0.2, 0.25) is 0 Å². The summed E-state index contributed by atoms with van der Waals surface area (Å²) in [5, 5.41) is 15.3. The Labute approximate surface area is 122 Å². The third-order valence-electron chi connectivity index (χ3n) is 4.19. The van der Waals surface area contributed by atoms with Crippen molar-refractivity contribution in [1.29, 1.82) is 0 Å². The highest BCUT2D eigenvalue weighted by Gasteiger charge is 2.45. The molecule has 0 saturated carbocycles. The maximum Gasteiger partial charge on any atom is 0.331 e. The molecular weight excluding hydrogens is 272 g/mol. The van der Waals surface area contributed by atoms with Crippen molar-refractivity contribution in [3.05, 3.63) is 29.8 Å². The average molecular weight is 290 g/mol. The molecule has 1 aromatic carbocycles. The van der Waals surface area contributed by atoms with E-state index in [-0.39, 0.29) is 18.4 Å². The molecule has 1 fully saturated rings. The summed E-state index contributed by atoms with van der Waals surface area (Å²) in [6.45, 7) is 0.905. The second-order valence-corrected chi connectivity index (χ2v) is 5.62. The van der Waals surface area contributed by atoms with E-state index in [0.717, 1.165) is 11.3 Å². The zero-order valence-corrected chi connectivity index (χ0v) is 11.6. The number of para-hydroxylation sites is 1. The quantitative estimate of drug-likeness (QED) is 0.760. The number of rotatable bonds is 3. The van der Waals surface area contributed by atoms with Gasteiger partial charge >= 0.3 is 5.97 Å². The van der Waals surface area contributed by atoms with E-state index in [1.807, 2.05) is 24.3 Å². The number of amides is 1. The number of hydrogen-bond acceptors (Lipinski definition) is 4. The monoisotopic (exact) mass is 290 g/mol. The van der Waals surface area contributed by atoms with E-state index in [2.05, 4.69) is 10.6 Å². The molecule has 1 aromatic rings. The third-order valence-corrected chi connectivity index (χ3v) is 4.19. The molecule has 6 nitrogen and oxygen atoms in total. The molecule has 0 aromatic heterocycles. The predicted octanol–water partition coefficient (Wildman–Crippen LogP) is 0.631. The van der Waals surface area contributed by atoms with Crippen LogP contribution in [0.1, 0.15) is 12.0 Å². The Morgan fingerprint density at radius 2 is 2.19 bits per heavy atom. The molecule has 2 atom stereocenters. The number of carbonyl (C=O) groups is 2. The average Bonchev–Trinajstić information content (AvgIpc) is 2.96. The van der Waals surface area contributed by atoms with Crippen molar-refractivity contribution in [2.45, 2.75) is 18.4 Å².